The summed E-state index contributed by atoms with van der Waals surface area (Å²) in [7, 11) is 0. The molecule has 64 heavy (non-hydrogen) atoms. The summed E-state index contributed by atoms with van der Waals surface area (Å²) >= 11 is 0. The first-order valence-corrected chi connectivity index (χ1v) is 23.4. The summed E-state index contributed by atoms with van der Waals surface area (Å²) < 4.78 is 0. The van der Waals surface area contributed by atoms with E-state index in [9.17, 15) is 38.4 Å². The summed E-state index contributed by atoms with van der Waals surface area (Å²) in [6.45, 7) is 20.0. The standard InChI is InChI=1S/C47H79N9O8/c1-12-28(8)37-45(62)49-31(11)40(57)54-39(30(10)14-3)47(64)53-36(27(6)7)44(61)50-33(22-18-19-23-48)41(58)55-38(29(9)13-2)46(63)52-35(25-32-20-16-15-17-21-32)42(59)51-34(24-26(4)5)43(60)56-37/h15-17,20-21,26-31,33-39H,12-14,18-19,22-25,48H2,1-11H3,(H,49,62)(H,50,61)(H,51,59)(H,52,63)(H,53,64)(H,54,57)(H,55,58)(H,56,60). The van der Waals surface area contributed by atoms with Crippen LogP contribution in [-0.4, -0.2) is 102 Å². The topological polar surface area (TPSA) is 259 Å². The molecule has 10 N–H and O–H groups in total. The van der Waals surface area contributed by atoms with Crippen molar-refractivity contribution >= 4 is 47.3 Å². The lowest BCUT2D eigenvalue weighted by atomic mass is 9.95. The minimum Gasteiger partial charge on any atom is -0.343 e. The Kier molecular flexibility index (Phi) is 23.5. The molecule has 0 aromatic heterocycles. The van der Waals surface area contributed by atoms with Crippen LogP contribution in [0.3, 0.4) is 0 Å². The molecule has 1 aliphatic rings. The molecule has 360 valence electrons. The highest BCUT2D eigenvalue weighted by molar-refractivity contribution is 5.99. The summed E-state index contributed by atoms with van der Waals surface area (Å²) in [4.78, 5) is 113. The van der Waals surface area contributed by atoms with Crippen molar-refractivity contribution in [2.45, 2.75) is 176 Å². The number of nitrogens with one attached hydrogen (secondary N) is 8. The first kappa shape index (κ1) is 55.1. The van der Waals surface area contributed by atoms with Crippen molar-refractivity contribution in [3.8, 4) is 0 Å². The third-order valence-electron chi connectivity index (χ3n) is 12.2. The summed E-state index contributed by atoms with van der Waals surface area (Å²) in [5, 5.41) is 22.5. The second-order valence-corrected chi connectivity index (χ2v) is 18.4. The van der Waals surface area contributed by atoms with Crippen molar-refractivity contribution in [1.82, 2.24) is 42.5 Å². The number of amides is 8. The van der Waals surface area contributed by atoms with E-state index in [4.69, 9.17) is 5.73 Å². The van der Waals surface area contributed by atoms with E-state index in [1.54, 1.807) is 58.9 Å². The van der Waals surface area contributed by atoms with Crippen LogP contribution in [-0.2, 0) is 44.8 Å². The molecule has 11 unspecified atom stereocenters. The molecule has 11 atom stereocenters. The van der Waals surface area contributed by atoms with Crippen LogP contribution in [0.2, 0.25) is 0 Å². The Morgan fingerprint density at radius 1 is 0.484 bits per heavy atom. The Balaban J connectivity index is 2.79. The lowest BCUT2D eigenvalue weighted by Gasteiger charge is -2.32. The van der Waals surface area contributed by atoms with E-state index in [0.717, 1.165) is 5.56 Å². The van der Waals surface area contributed by atoms with Gasteiger partial charge in [0.1, 0.15) is 48.3 Å². The van der Waals surface area contributed by atoms with Crippen LogP contribution in [0.4, 0.5) is 0 Å². The summed E-state index contributed by atoms with van der Waals surface area (Å²) in [5.74, 6) is -6.88. The molecule has 0 bridgehead atoms. The monoisotopic (exact) mass is 898 g/mol. The predicted molar refractivity (Wildman–Crippen MR) is 247 cm³/mol. The highest BCUT2D eigenvalue weighted by atomic mass is 16.2. The van der Waals surface area contributed by atoms with Crippen molar-refractivity contribution in [2.24, 2.45) is 35.3 Å². The second kappa shape index (κ2) is 27.3. The van der Waals surface area contributed by atoms with Gasteiger partial charge in [0.05, 0.1) is 0 Å². The van der Waals surface area contributed by atoms with Gasteiger partial charge in [0.25, 0.3) is 0 Å². The van der Waals surface area contributed by atoms with E-state index < -0.39 is 119 Å². The van der Waals surface area contributed by atoms with Gasteiger partial charge in [-0.2, -0.15) is 0 Å². The van der Waals surface area contributed by atoms with Crippen molar-refractivity contribution in [2.75, 3.05) is 6.54 Å². The largest absolute Gasteiger partial charge is 0.343 e. The van der Waals surface area contributed by atoms with Crippen molar-refractivity contribution in [3.63, 3.8) is 0 Å². The first-order valence-electron chi connectivity index (χ1n) is 23.4. The number of benzene rings is 1. The van der Waals surface area contributed by atoms with Crippen LogP contribution < -0.4 is 48.3 Å². The van der Waals surface area contributed by atoms with Gasteiger partial charge in [0.15, 0.2) is 0 Å². The highest BCUT2D eigenvalue weighted by Crippen LogP contribution is 2.16. The van der Waals surface area contributed by atoms with Crippen LogP contribution in [0.5, 0.6) is 0 Å². The van der Waals surface area contributed by atoms with Crippen LogP contribution in [0.15, 0.2) is 30.3 Å². The Labute approximate surface area is 380 Å². The Morgan fingerprint density at radius 2 is 0.891 bits per heavy atom. The van der Waals surface area contributed by atoms with E-state index in [1.807, 2.05) is 40.7 Å². The van der Waals surface area contributed by atoms with Gasteiger partial charge in [-0.1, -0.05) is 119 Å². The lowest BCUT2D eigenvalue weighted by molar-refractivity contribution is -0.138. The number of carbonyl (C=O) groups is 8. The Morgan fingerprint density at radius 3 is 1.38 bits per heavy atom. The number of rotatable bonds is 15. The van der Waals surface area contributed by atoms with Crippen LogP contribution in [0.1, 0.15) is 127 Å². The molecular weight excluding hydrogens is 819 g/mol. The maximum absolute atomic E-state index is 14.4. The quantitative estimate of drug-likeness (QED) is 0.117. The van der Waals surface area contributed by atoms with E-state index >= 15 is 0 Å². The third-order valence-corrected chi connectivity index (χ3v) is 12.2. The maximum Gasteiger partial charge on any atom is 0.243 e. The molecule has 0 spiro atoms. The predicted octanol–water partition coefficient (Wildman–Crippen LogP) is 2.11. The van der Waals surface area contributed by atoms with E-state index in [2.05, 4.69) is 42.5 Å². The smallest absolute Gasteiger partial charge is 0.243 e. The van der Waals surface area contributed by atoms with E-state index in [1.165, 1.54) is 6.92 Å². The number of unbranched alkanes of at least 4 members (excludes halogenated alkanes) is 1. The molecule has 17 heteroatoms. The molecule has 0 aliphatic carbocycles. The van der Waals surface area contributed by atoms with Crippen LogP contribution in [0, 0.1) is 29.6 Å². The van der Waals surface area contributed by atoms with E-state index in [0.29, 0.717) is 38.6 Å². The number of hydrogen-bond acceptors (Lipinski definition) is 9. The molecule has 2 rings (SSSR count). The van der Waals surface area contributed by atoms with Crippen LogP contribution in [0.25, 0.3) is 0 Å². The average molecular weight is 898 g/mol. The van der Waals surface area contributed by atoms with Crippen LogP contribution >= 0.6 is 0 Å². The lowest BCUT2D eigenvalue weighted by Crippen LogP contribution is -2.63. The minimum absolute atomic E-state index is 0.0471. The molecule has 17 nitrogen and oxygen atoms in total. The molecule has 0 radical (unpaired) electrons. The molecule has 1 aromatic carbocycles. The van der Waals surface area contributed by atoms with Gasteiger partial charge in [-0.15, -0.1) is 0 Å². The molecule has 8 amide bonds. The van der Waals surface area contributed by atoms with Gasteiger partial charge in [-0.05, 0) is 74.3 Å². The minimum atomic E-state index is -1.20. The summed E-state index contributed by atoms with van der Waals surface area (Å²) in [5.41, 5.74) is 6.51. The average Bonchev–Trinajstić information content (AvgIpc) is 3.25. The van der Waals surface area contributed by atoms with Gasteiger partial charge in [0.2, 0.25) is 47.3 Å². The van der Waals surface area contributed by atoms with Gasteiger partial charge in [-0.25, -0.2) is 0 Å². The molecule has 1 heterocycles. The molecule has 1 aromatic rings. The van der Waals surface area contributed by atoms with Crippen molar-refractivity contribution in [1.29, 1.82) is 0 Å². The van der Waals surface area contributed by atoms with Crippen molar-refractivity contribution in [3.05, 3.63) is 35.9 Å². The first-order chi connectivity index (χ1) is 30.2. The zero-order valence-corrected chi connectivity index (χ0v) is 40.1. The zero-order valence-electron chi connectivity index (χ0n) is 40.1. The normalized spacial score (nSPS) is 26.8. The molecular formula is C47H79N9O8. The number of carbonyl (C=O) groups excluding carboxylic acids is 8. The summed E-state index contributed by atoms with van der Waals surface area (Å²) in [6.07, 6.45) is 2.86. The second-order valence-electron chi connectivity index (χ2n) is 18.4. The number of nitrogens with two attached hydrogens (primary N) is 1. The molecule has 1 aliphatic heterocycles. The van der Waals surface area contributed by atoms with Gasteiger partial charge >= 0.3 is 0 Å². The van der Waals surface area contributed by atoms with Crippen molar-refractivity contribution < 1.29 is 38.4 Å². The third kappa shape index (κ3) is 17.1. The highest BCUT2D eigenvalue weighted by Gasteiger charge is 2.38. The van der Waals surface area contributed by atoms with Gasteiger partial charge in [-0.3, -0.25) is 38.4 Å². The SMILES string of the molecule is CCC(C)C1NC(=O)C(C)NC(=O)C(C(C)CC)NC(=O)C(CC(C)C)NC(=O)C(Cc2ccccc2)NC(=O)C(C(C)CC)NC(=O)C(CCCCN)NC(=O)C(C(C)C)NC1=O. The molecule has 0 saturated carbocycles. The Hall–Kier alpha value is -5.06. The maximum atomic E-state index is 14.4. The summed E-state index contributed by atoms with van der Waals surface area (Å²) in [6, 6.07) is -0.0558. The van der Waals surface area contributed by atoms with Gasteiger partial charge < -0.3 is 48.3 Å². The number of hydrogen-bond donors (Lipinski definition) is 9. The molecule has 1 fully saturated rings. The van der Waals surface area contributed by atoms with Gasteiger partial charge in [0, 0.05) is 6.42 Å². The fourth-order valence-electron chi connectivity index (χ4n) is 7.36. The fraction of sp³-hybridized carbons (Fsp3) is 0.702. The zero-order chi connectivity index (χ0) is 48.3. The van der Waals surface area contributed by atoms with E-state index in [-0.39, 0.29) is 25.2 Å². The molecule has 1 saturated heterocycles. The fourth-order valence-corrected chi connectivity index (χ4v) is 7.36. The Bertz CT molecular complexity index is 1710.